The van der Waals surface area contributed by atoms with Crippen LogP contribution in [0, 0.1) is 6.92 Å². The van der Waals surface area contributed by atoms with Gasteiger partial charge in [-0.05, 0) is 13.3 Å². The summed E-state index contributed by atoms with van der Waals surface area (Å²) in [5, 5.41) is 14.9. The summed E-state index contributed by atoms with van der Waals surface area (Å²) in [6, 6.07) is 0. The smallest absolute Gasteiger partial charge is 0.0848 e. The lowest BCUT2D eigenvalue weighted by Gasteiger charge is -2.24. The van der Waals surface area contributed by atoms with E-state index in [2.05, 4.69) is 5.10 Å². The molecule has 1 rings (SSSR count). The van der Waals surface area contributed by atoms with Crippen molar-refractivity contribution in [2.45, 2.75) is 32.3 Å². The van der Waals surface area contributed by atoms with Crippen LogP contribution in [-0.4, -0.2) is 27.0 Å². The lowest BCUT2D eigenvalue weighted by Crippen LogP contribution is -2.39. The quantitative estimate of drug-likeness (QED) is 0.814. The standard InChI is InChI=1S/C10H18ClN3O/c1-4-10(15,6-12)5-8-9(11)7(2)13-14(8)3/h15H,4-6,12H2,1-3H3. The number of hydrogen-bond acceptors (Lipinski definition) is 3. The second kappa shape index (κ2) is 4.51. The van der Waals surface area contributed by atoms with Crippen molar-refractivity contribution in [2.75, 3.05) is 6.54 Å². The maximum Gasteiger partial charge on any atom is 0.0848 e. The minimum atomic E-state index is -0.885. The first kappa shape index (κ1) is 12.5. The van der Waals surface area contributed by atoms with Gasteiger partial charge in [-0.2, -0.15) is 5.10 Å². The van der Waals surface area contributed by atoms with Crippen molar-refractivity contribution >= 4 is 11.6 Å². The highest BCUT2D eigenvalue weighted by Gasteiger charge is 2.26. The summed E-state index contributed by atoms with van der Waals surface area (Å²) in [7, 11) is 1.82. The maximum atomic E-state index is 10.1. The van der Waals surface area contributed by atoms with E-state index in [1.807, 2.05) is 20.9 Å². The van der Waals surface area contributed by atoms with Crippen LogP contribution >= 0.6 is 11.6 Å². The third kappa shape index (κ3) is 2.51. The number of rotatable bonds is 4. The molecule has 0 aliphatic heterocycles. The molecule has 3 N–H and O–H groups in total. The summed E-state index contributed by atoms with van der Waals surface area (Å²) in [5.41, 5.74) is 6.28. The SMILES string of the molecule is CCC(O)(CN)Cc1c(Cl)c(C)nn1C. The maximum absolute atomic E-state index is 10.1. The first-order valence-corrected chi connectivity index (χ1v) is 5.41. The summed E-state index contributed by atoms with van der Waals surface area (Å²) in [6.07, 6.45) is 1.04. The number of aromatic nitrogens is 2. The predicted octanol–water partition coefficient (Wildman–Crippen LogP) is 1.02. The Hall–Kier alpha value is -0.580. The molecule has 0 saturated heterocycles. The van der Waals surface area contributed by atoms with Gasteiger partial charge in [0.15, 0.2) is 0 Å². The molecule has 0 radical (unpaired) electrons. The van der Waals surface area contributed by atoms with Crippen molar-refractivity contribution in [2.24, 2.45) is 12.8 Å². The molecule has 0 aromatic carbocycles. The molecule has 1 aromatic heterocycles. The van der Waals surface area contributed by atoms with Crippen molar-refractivity contribution in [3.63, 3.8) is 0 Å². The number of nitrogens with zero attached hydrogens (tertiary/aromatic N) is 2. The molecule has 5 heteroatoms. The molecule has 1 atom stereocenters. The molecule has 1 heterocycles. The van der Waals surface area contributed by atoms with Crippen molar-refractivity contribution in [3.8, 4) is 0 Å². The van der Waals surface area contributed by atoms with Crippen LogP contribution in [0.4, 0.5) is 0 Å². The van der Waals surface area contributed by atoms with E-state index in [0.717, 1.165) is 11.4 Å². The Morgan fingerprint density at radius 3 is 2.53 bits per heavy atom. The van der Waals surface area contributed by atoms with E-state index in [1.165, 1.54) is 0 Å². The zero-order valence-corrected chi connectivity index (χ0v) is 10.2. The van der Waals surface area contributed by atoms with Crippen molar-refractivity contribution in [1.29, 1.82) is 0 Å². The molecular formula is C10H18ClN3O. The second-order valence-corrected chi connectivity index (χ2v) is 4.31. The lowest BCUT2D eigenvalue weighted by molar-refractivity contribution is 0.0438. The number of aliphatic hydroxyl groups is 1. The Morgan fingerprint density at radius 1 is 1.60 bits per heavy atom. The van der Waals surface area contributed by atoms with Gasteiger partial charge >= 0.3 is 0 Å². The molecule has 0 bridgehead atoms. The molecule has 4 nitrogen and oxygen atoms in total. The molecule has 1 aromatic rings. The minimum Gasteiger partial charge on any atom is -0.388 e. The fourth-order valence-corrected chi connectivity index (χ4v) is 1.75. The van der Waals surface area contributed by atoms with E-state index in [4.69, 9.17) is 17.3 Å². The number of aryl methyl sites for hydroxylation is 2. The Labute approximate surface area is 95.0 Å². The average molecular weight is 232 g/mol. The van der Waals surface area contributed by atoms with Gasteiger partial charge in [0.25, 0.3) is 0 Å². The third-order valence-electron chi connectivity index (χ3n) is 2.80. The largest absolute Gasteiger partial charge is 0.388 e. The van der Waals surface area contributed by atoms with Crippen LogP contribution in [-0.2, 0) is 13.5 Å². The van der Waals surface area contributed by atoms with E-state index in [9.17, 15) is 5.11 Å². The Morgan fingerprint density at radius 2 is 2.20 bits per heavy atom. The van der Waals surface area contributed by atoms with Gasteiger partial charge in [-0.15, -0.1) is 0 Å². The van der Waals surface area contributed by atoms with E-state index < -0.39 is 5.60 Å². The van der Waals surface area contributed by atoms with Crippen LogP contribution < -0.4 is 5.73 Å². The number of hydrogen-bond donors (Lipinski definition) is 2. The fourth-order valence-electron chi connectivity index (χ4n) is 1.53. The zero-order chi connectivity index (χ0) is 11.6. The topological polar surface area (TPSA) is 64.1 Å². The first-order chi connectivity index (χ1) is 6.93. The van der Waals surface area contributed by atoms with Gasteiger partial charge in [-0.1, -0.05) is 18.5 Å². The molecule has 0 spiro atoms. The molecule has 0 aliphatic rings. The van der Waals surface area contributed by atoms with E-state index in [0.29, 0.717) is 17.9 Å². The van der Waals surface area contributed by atoms with Crippen molar-refractivity contribution in [3.05, 3.63) is 16.4 Å². The predicted molar refractivity (Wildman–Crippen MR) is 61.0 cm³/mol. The van der Waals surface area contributed by atoms with Gasteiger partial charge in [0, 0.05) is 20.0 Å². The zero-order valence-electron chi connectivity index (χ0n) is 9.42. The third-order valence-corrected chi connectivity index (χ3v) is 3.29. The molecule has 1 unspecified atom stereocenters. The molecule has 0 saturated carbocycles. The second-order valence-electron chi connectivity index (χ2n) is 3.93. The number of halogens is 1. The van der Waals surface area contributed by atoms with E-state index in [1.54, 1.807) is 4.68 Å². The van der Waals surface area contributed by atoms with Crippen LogP contribution in [0.5, 0.6) is 0 Å². The van der Waals surface area contributed by atoms with E-state index >= 15 is 0 Å². The van der Waals surface area contributed by atoms with Gasteiger partial charge in [-0.25, -0.2) is 0 Å². The summed E-state index contributed by atoms with van der Waals surface area (Å²) in [4.78, 5) is 0. The summed E-state index contributed by atoms with van der Waals surface area (Å²) < 4.78 is 1.70. The summed E-state index contributed by atoms with van der Waals surface area (Å²) in [6.45, 7) is 3.98. The van der Waals surface area contributed by atoms with Gasteiger partial charge in [0.1, 0.15) is 0 Å². The van der Waals surface area contributed by atoms with Crippen LogP contribution in [0.2, 0.25) is 5.02 Å². The van der Waals surface area contributed by atoms with Gasteiger partial charge in [-0.3, -0.25) is 4.68 Å². The summed E-state index contributed by atoms with van der Waals surface area (Å²) >= 11 is 6.10. The Kier molecular flexibility index (Phi) is 3.76. The molecule has 86 valence electrons. The molecular weight excluding hydrogens is 214 g/mol. The Balaban J connectivity index is 2.98. The summed E-state index contributed by atoms with van der Waals surface area (Å²) in [5.74, 6) is 0. The highest BCUT2D eigenvalue weighted by Crippen LogP contribution is 2.24. The van der Waals surface area contributed by atoms with Crippen LogP contribution in [0.1, 0.15) is 24.7 Å². The number of nitrogens with two attached hydrogens (primary N) is 1. The monoisotopic (exact) mass is 231 g/mol. The van der Waals surface area contributed by atoms with Gasteiger partial charge < -0.3 is 10.8 Å². The fraction of sp³-hybridized carbons (Fsp3) is 0.700. The van der Waals surface area contributed by atoms with Crippen LogP contribution in [0.15, 0.2) is 0 Å². The average Bonchev–Trinajstić information content (AvgIpc) is 2.45. The van der Waals surface area contributed by atoms with Crippen molar-refractivity contribution in [1.82, 2.24) is 9.78 Å². The minimum absolute atomic E-state index is 0.226. The van der Waals surface area contributed by atoms with Crippen LogP contribution in [0.3, 0.4) is 0 Å². The Bertz CT molecular complexity index is 345. The normalized spacial score (nSPS) is 15.3. The highest BCUT2D eigenvalue weighted by atomic mass is 35.5. The van der Waals surface area contributed by atoms with Gasteiger partial charge in [0.05, 0.1) is 22.0 Å². The highest BCUT2D eigenvalue weighted by molar-refractivity contribution is 6.31. The van der Waals surface area contributed by atoms with Crippen molar-refractivity contribution < 1.29 is 5.11 Å². The van der Waals surface area contributed by atoms with E-state index in [-0.39, 0.29) is 6.54 Å². The lowest BCUT2D eigenvalue weighted by atomic mass is 9.94. The molecule has 0 aliphatic carbocycles. The molecule has 0 fully saturated rings. The molecule has 15 heavy (non-hydrogen) atoms. The first-order valence-electron chi connectivity index (χ1n) is 5.04. The van der Waals surface area contributed by atoms with Crippen LogP contribution in [0.25, 0.3) is 0 Å². The molecule has 0 amide bonds. The van der Waals surface area contributed by atoms with Gasteiger partial charge in [0.2, 0.25) is 0 Å².